The fourth-order valence-corrected chi connectivity index (χ4v) is 6.42. The summed E-state index contributed by atoms with van der Waals surface area (Å²) in [5.41, 5.74) is 5.67. The average Bonchev–Trinajstić information content (AvgIpc) is 3.43. The summed E-state index contributed by atoms with van der Waals surface area (Å²) >= 11 is 1.20. The number of carbonyl (C=O) groups excluding carboxylic acids is 1. The lowest BCUT2D eigenvalue weighted by atomic mass is 9.92. The van der Waals surface area contributed by atoms with Crippen LogP contribution < -0.4 is 10.0 Å². The van der Waals surface area contributed by atoms with Gasteiger partial charge in [-0.2, -0.15) is 10.2 Å². The van der Waals surface area contributed by atoms with Crippen molar-refractivity contribution in [3.63, 3.8) is 0 Å². The Kier molecular flexibility index (Phi) is 7.22. The molecule has 0 aliphatic carbocycles. The number of non-ortho nitro benzene ring substituents is 1. The number of hydrogen-bond donors (Lipinski definition) is 0. The molecule has 42 heavy (non-hydrogen) atoms. The van der Waals surface area contributed by atoms with E-state index in [2.05, 4.69) is 31.2 Å². The van der Waals surface area contributed by atoms with Crippen molar-refractivity contribution in [2.45, 2.75) is 25.3 Å². The number of fused-ring (bicyclic) bond motifs is 2. The van der Waals surface area contributed by atoms with E-state index in [1.165, 1.54) is 29.5 Å². The summed E-state index contributed by atoms with van der Waals surface area (Å²) in [7, 11) is 0. The van der Waals surface area contributed by atoms with Crippen LogP contribution in [0.5, 0.6) is 0 Å². The molecule has 0 unspecified atom stereocenters. The van der Waals surface area contributed by atoms with Crippen LogP contribution in [-0.2, 0) is 20.9 Å². The number of rotatable bonds is 7. The van der Waals surface area contributed by atoms with Gasteiger partial charge >= 0.3 is 5.97 Å². The lowest BCUT2D eigenvalue weighted by Crippen LogP contribution is -2.54. The van der Waals surface area contributed by atoms with Gasteiger partial charge in [-0.1, -0.05) is 79.7 Å². The predicted octanol–water partition coefficient (Wildman–Crippen LogP) is 6.67. The summed E-state index contributed by atoms with van der Waals surface area (Å²) in [5, 5.41) is 25.4. The van der Waals surface area contributed by atoms with Gasteiger partial charge in [-0.3, -0.25) is 10.1 Å². The number of aryl methyl sites for hydroxylation is 1. The first-order valence-corrected chi connectivity index (χ1v) is 14.4. The molecular weight excluding hydrogens is 550 g/mol. The minimum absolute atomic E-state index is 0.0944. The minimum Gasteiger partial charge on any atom is -0.461 e. The molecule has 0 fully saturated rings. The number of benzene rings is 4. The SMILES string of the molecule is CCOC(=O)C1=NN(c2cccc([N+](=O)[O-])c2)[C@@]2(S1)c1ccccc1C(c1ccc(CC)cc1)=NN2c1ccccc1. The van der Waals surface area contributed by atoms with Crippen LogP contribution in [0.15, 0.2) is 113 Å². The van der Waals surface area contributed by atoms with E-state index in [0.29, 0.717) is 5.69 Å². The van der Waals surface area contributed by atoms with Crippen molar-refractivity contribution in [3.05, 3.63) is 135 Å². The molecular formula is C32H27N5O4S. The average molecular weight is 578 g/mol. The Hall–Kier alpha value is -4.96. The zero-order valence-electron chi connectivity index (χ0n) is 23.0. The Morgan fingerprint density at radius 3 is 2.29 bits per heavy atom. The highest BCUT2D eigenvalue weighted by atomic mass is 32.2. The van der Waals surface area contributed by atoms with Crippen molar-refractivity contribution in [2.24, 2.45) is 10.2 Å². The van der Waals surface area contributed by atoms with Crippen molar-refractivity contribution in [1.82, 2.24) is 0 Å². The molecule has 2 aliphatic rings. The fourth-order valence-electron chi connectivity index (χ4n) is 5.13. The Balaban J connectivity index is 1.63. The van der Waals surface area contributed by atoms with Crippen molar-refractivity contribution in [3.8, 4) is 0 Å². The number of nitro groups is 1. The third kappa shape index (κ3) is 4.59. The molecule has 4 aromatic rings. The maximum atomic E-state index is 13.2. The molecule has 10 heteroatoms. The van der Waals surface area contributed by atoms with Gasteiger partial charge in [0.05, 0.1) is 28.6 Å². The van der Waals surface area contributed by atoms with Gasteiger partial charge in [0, 0.05) is 28.8 Å². The number of hydrazone groups is 2. The van der Waals surface area contributed by atoms with E-state index in [1.54, 1.807) is 24.1 Å². The van der Waals surface area contributed by atoms with E-state index < -0.39 is 15.9 Å². The monoisotopic (exact) mass is 577 g/mol. The van der Waals surface area contributed by atoms with E-state index in [1.807, 2.05) is 59.6 Å². The fraction of sp³-hybridized carbons (Fsp3) is 0.156. The molecule has 0 saturated carbocycles. The largest absolute Gasteiger partial charge is 0.461 e. The van der Waals surface area contributed by atoms with Gasteiger partial charge in [0.1, 0.15) is 0 Å². The number of thioether (sulfide) groups is 1. The Morgan fingerprint density at radius 2 is 1.57 bits per heavy atom. The number of para-hydroxylation sites is 1. The smallest absolute Gasteiger partial charge is 0.365 e. The molecule has 0 aromatic heterocycles. The highest BCUT2D eigenvalue weighted by Crippen LogP contribution is 2.55. The third-order valence-corrected chi connectivity index (χ3v) is 8.40. The summed E-state index contributed by atoms with van der Waals surface area (Å²) in [6.45, 7) is 4.03. The standard InChI is InChI=1S/C32H27N5O4S/c1-3-22-17-19-23(20-18-22)29-27-15-8-9-16-28(27)32(35(33-29)24-11-6-5-7-12-24)36(34-30(42-32)31(38)41-4-2)25-13-10-14-26(21-25)37(39)40/h5-21H,3-4H2,1-2H3/t32-/m1/s1. The number of hydrogen-bond acceptors (Lipinski definition) is 9. The Labute approximate surface area is 247 Å². The van der Waals surface area contributed by atoms with Crippen LogP contribution in [0.2, 0.25) is 0 Å². The van der Waals surface area contributed by atoms with Gasteiger partial charge in [0.15, 0.2) is 0 Å². The second-order valence-corrected chi connectivity index (χ2v) is 10.8. The highest BCUT2D eigenvalue weighted by Gasteiger charge is 2.56. The molecule has 0 amide bonds. The normalized spacial score (nSPS) is 17.5. The first kappa shape index (κ1) is 27.2. The predicted molar refractivity (Wildman–Crippen MR) is 166 cm³/mol. The van der Waals surface area contributed by atoms with E-state index in [-0.39, 0.29) is 17.3 Å². The molecule has 0 N–H and O–H groups in total. The van der Waals surface area contributed by atoms with Crippen molar-refractivity contribution >= 4 is 45.5 Å². The molecule has 1 spiro atoms. The number of ether oxygens (including phenoxy) is 1. The van der Waals surface area contributed by atoms with Gasteiger partial charge in [0.25, 0.3) is 5.69 Å². The molecule has 210 valence electrons. The van der Waals surface area contributed by atoms with Crippen molar-refractivity contribution < 1.29 is 14.5 Å². The number of anilines is 2. The maximum Gasteiger partial charge on any atom is 0.365 e. The van der Waals surface area contributed by atoms with E-state index in [4.69, 9.17) is 14.9 Å². The van der Waals surface area contributed by atoms with E-state index >= 15 is 0 Å². The van der Waals surface area contributed by atoms with Gasteiger partial charge < -0.3 is 4.74 Å². The molecule has 0 radical (unpaired) electrons. The van der Waals surface area contributed by atoms with E-state index in [9.17, 15) is 14.9 Å². The van der Waals surface area contributed by atoms with Crippen molar-refractivity contribution in [2.75, 3.05) is 16.6 Å². The Bertz CT molecular complexity index is 1720. The van der Waals surface area contributed by atoms with Crippen LogP contribution in [0.3, 0.4) is 0 Å². The lowest BCUT2D eigenvalue weighted by Gasteiger charge is -2.47. The zero-order chi connectivity index (χ0) is 29.3. The summed E-state index contributed by atoms with van der Waals surface area (Å²) < 4.78 is 5.37. The van der Waals surface area contributed by atoms with Gasteiger partial charge in [-0.05, 0) is 48.9 Å². The van der Waals surface area contributed by atoms with Crippen LogP contribution in [-0.4, -0.2) is 28.3 Å². The van der Waals surface area contributed by atoms with Gasteiger partial charge in [0.2, 0.25) is 10.0 Å². The zero-order valence-corrected chi connectivity index (χ0v) is 23.8. The number of esters is 1. The molecule has 4 aromatic carbocycles. The summed E-state index contributed by atoms with van der Waals surface area (Å²) in [5.74, 6) is -0.578. The number of nitrogens with zero attached hydrogens (tertiary/aromatic N) is 5. The first-order valence-electron chi connectivity index (χ1n) is 13.6. The molecule has 1 atom stereocenters. The van der Waals surface area contributed by atoms with Crippen LogP contribution in [0.1, 0.15) is 36.1 Å². The highest BCUT2D eigenvalue weighted by molar-refractivity contribution is 8.16. The van der Waals surface area contributed by atoms with Crippen LogP contribution in [0, 0.1) is 10.1 Å². The first-order chi connectivity index (χ1) is 20.5. The molecule has 2 aliphatic heterocycles. The van der Waals surface area contributed by atoms with Crippen molar-refractivity contribution in [1.29, 1.82) is 0 Å². The van der Waals surface area contributed by atoms with Gasteiger partial charge in [-0.15, -0.1) is 0 Å². The maximum absolute atomic E-state index is 13.2. The summed E-state index contributed by atoms with van der Waals surface area (Å²) in [6.07, 6.45) is 0.922. The number of nitro benzene ring substituents is 1. The Morgan fingerprint density at radius 1 is 0.881 bits per heavy atom. The van der Waals surface area contributed by atoms with E-state index in [0.717, 1.165) is 34.5 Å². The quantitative estimate of drug-likeness (QED) is 0.137. The van der Waals surface area contributed by atoms with Crippen LogP contribution in [0.4, 0.5) is 17.1 Å². The summed E-state index contributed by atoms with van der Waals surface area (Å²) in [6, 6.07) is 32.0. The molecule has 0 saturated heterocycles. The molecule has 2 heterocycles. The second kappa shape index (κ2) is 11.1. The second-order valence-electron chi connectivity index (χ2n) is 9.62. The molecule has 6 rings (SSSR count). The molecule has 9 nitrogen and oxygen atoms in total. The van der Waals surface area contributed by atoms with Crippen LogP contribution >= 0.6 is 11.8 Å². The third-order valence-electron chi connectivity index (χ3n) is 7.11. The summed E-state index contributed by atoms with van der Waals surface area (Å²) in [4.78, 5) is 23.2. The molecule has 0 bridgehead atoms. The van der Waals surface area contributed by atoms with Crippen LogP contribution in [0.25, 0.3) is 0 Å². The lowest BCUT2D eigenvalue weighted by molar-refractivity contribution is -0.384. The topological polar surface area (TPSA) is 101 Å². The minimum atomic E-state index is -1.25. The van der Waals surface area contributed by atoms with Gasteiger partial charge in [-0.25, -0.2) is 14.8 Å². The number of carbonyl (C=O) groups is 1.